The second-order valence-electron chi connectivity index (χ2n) is 9.13. The summed E-state index contributed by atoms with van der Waals surface area (Å²) in [5, 5.41) is 0. The molecule has 40 heavy (non-hydrogen) atoms. The van der Waals surface area contributed by atoms with Gasteiger partial charge in [-0.1, -0.05) is 0 Å². The van der Waals surface area contributed by atoms with E-state index in [1.165, 1.54) is 22.5 Å². The summed E-state index contributed by atoms with van der Waals surface area (Å²) in [6, 6.07) is 8.60. The van der Waals surface area contributed by atoms with Gasteiger partial charge in [0, 0.05) is 49.9 Å². The highest BCUT2D eigenvalue weighted by molar-refractivity contribution is 6.18. The molecule has 0 bridgehead atoms. The van der Waals surface area contributed by atoms with Crippen LogP contribution < -0.4 is 9.13 Å². The molecule has 0 aromatic carbocycles. The van der Waals surface area contributed by atoms with Crippen LogP contribution >= 0.6 is 23.2 Å². The summed E-state index contributed by atoms with van der Waals surface area (Å²) < 4.78 is 36.6. The molecule has 0 spiro atoms. The average Bonchev–Trinajstić information content (AvgIpc) is 2.93. The van der Waals surface area contributed by atoms with Gasteiger partial charge in [-0.3, -0.25) is 0 Å². The van der Waals surface area contributed by atoms with Gasteiger partial charge < -0.3 is 28.4 Å². The Bertz CT molecular complexity index is 822. The molecular formula is C30H50Cl2N2O6+2. The molecule has 0 radical (unpaired) electrons. The molecule has 0 saturated carbocycles. The Morgan fingerprint density at radius 1 is 0.475 bits per heavy atom. The Hall–Kier alpha value is -1.36. The van der Waals surface area contributed by atoms with Gasteiger partial charge in [0.15, 0.2) is 36.9 Å². The van der Waals surface area contributed by atoms with Crippen LogP contribution in [0, 0.1) is 27.7 Å². The SMILES string of the molecule is Cc1cc[n+](CCOCCOCCOCC[n+]2ccc(C)cc2C)c(C)c1.ClCCOCCOCCOCCCl. The van der Waals surface area contributed by atoms with Gasteiger partial charge in [0.25, 0.3) is 0 Å². The number of nitrogens with zero attached hydrogens (tertiary/aromatic N) is 2. The second kappa shape index (κ2) is 25.4. The highest BCUT2D eigenvalue weighted by atomic mass is 35.5. The largest absolute Gasteiger partial charge is 0.378 e. The van der Waals surface area contributed by atoms with Gasteiger partial charge in [0.05, 0.1) is 66.1 Å². The number of pyridine rings is 2. The quantitative estimate of drug-likeness (QED) is 0.116. The molecule has 2 aromatic rings. The third kappa shape index (κ3) is 19.7. The maximum atomic E-state index is 5.64. The predicted octanol–water partition coefficient (Wildman–Crippen LogP) is 3.76. The molecule has 0 N–H and O–H groups in total. The lowest BCUT2D eigenvalue weighted by atomic mass is 10.2. The number of hydrogen-bond donors (Lipinski definition) is 0. The molecule has 0 amide bonds. The lowest BCUT2D eigenvalue weighted by Gasteiger charge is -2.06. The summed E-state index contributed by atoms with van der Waals surface area (Å²) in [5.74, 6) is 1.05. The zero-order valence-corrected chi connectivity index (χ0v) is 26.4. The molecule has 0 aliphatic heterocycles. The number of hydrogen-bond acceptors (Lipinski definition) is 6. The Morgan fingerprint density at radius 3 is 1.07 bits per heavy atom. The van der Waals surface area contributed by atoms with E-state index >= 15 is 0 Å². The summed E-state index contributed by atoms with van der Waals surface area (Å²) in [6.07, 6.45) is 4.22. The lowest BCUT2D eigenvalue weighted by Crippen LogP contribution is -2.39. The molecule has 228 valence electrons. The van der Waals surface area contributed by atoms with E-state index < -0.39 is 0 Å². The molecule has 0 saturated heterocycles. The maximum Gasteiger partial charge on any atom is 0.178 e. The Labute approximate surface area is 251 Å². The number of rotatable bonds is 22. The van der Waals surface area contributed by atoms with Gasteiger partial charge >= 0.3 is 0 Å². The first-order valence-corrected chi connectivity index (χ1v) is 15.1. The Kier molecular flexibility index (Phi) is 23.2. The number of halogens is 2. The van der Waals surface area contributed by atoms with Gasteiger partial charge in [-0.2, -0.15) is 0 Å². The predicted molar refractivity (Wildman–Crippen MR) is 159 cm³/mol. The maximum absolute atomic E-state index is 5.64. The molecule has 0 unspecified atom stereocenters. The average molecular weight is 606 g/mol. The van der Waals surface area contributed by atoms with Crippen molar-refractivity contribution in [3.8, 4) is 0 Å². The van der Waals surface area contributed by atoms with Crippen LogP contribution in [0.4, 0.5) is 0 Å². The molecule has 0 aliphatic carbocycles. The van der Waals surface area contributed by atoms with Gasteiger partial charge in [-0.05, 0) is 25.0 Å². The van der Waals surface area contributed by atoms with Crippen LogP contribution in [0.3, 0.4) is 0 Å². The Balaban J connectivity index is 0.000000520. The minimum absolute atomic E-state index is 0.527. The molecule has 0 aliphatic rings. The van der Waals surface area contributed by atoms with Crippen LogP contribution in [0.1, 0.15) is 22.5 Å². The molecule has 8 nitrogen and oxygen atoms in total. The van der Waals surface area contributed by atoms with Crippen molar-refractivity contribution in [2.24, 2.45) is 0 Å². The number of aromatic nitrogens is 2. The van der Waals surface area contributed by atoms with Crippen molar-refractivity contribution in [3.63, 3.8) is 0 Å². The molecular weight excluding hydrogens is 555 g/mol. The van der Waals surface area contributed by atoms with E-state index in [9.17, 15) is 0 Å². The van der Waals surface area contributed by atoms with Gasteiger partial charge in [-0.25, -0.2) is 9.13 Å². The van der Waals surface area contributed by atoms with Crippen molar-refractivity contribution >= 4 is 23.2 Å². The summed E-state index contributed by atoms with van der Waals surface area (Å²) in [7, 11) is 0. The molecule has 2 rings (SSSR count). The van der Waals surface area contributed by atoms with Crippen molar-refractivity contribution in [1.82, 2.24) is 0 Å². The van der Waals surface area contributed by atoms with E-state index in [0.29, 0.717) is 91.0 Å². The normalized spacial score (nSPS) is 10.9. The first kappa shape index (κ1) is 36.7. The van der Waals surface area contributed by atoms with Crippen LogP contribution in [0.25, 0.3) is 0 Å². The fraction of sp³-hybridized carbons (Fsp3) is 0.667. The summed E-state index contributed by atoms with van der Waals surface area (Å²) in [5.41, 5.74) is 5.08. The topological polar surface area (TPSA) is 63.1 Å². The minimum atomic E-state index is 0.527. The summed E-state index contributed by atoms with van der Waals surface area (Å²) >= 11 is 10.8. The molecule has 2 heterocycles. The third-order valence-corrected chi connectivity index (χ3v) is 6.01. The second-order valence-corrected chi connectivity index (χ2v) is 9.89. The van der Waals surface area contributed by atoms with Crippen LogP contribution in [-0.4, -0.2) is 91.0 Å². The van der Waals surface area contributed by atoms with Gasteiger partial charge in [-0.15, -0.1) is 23.2 Å². The molecule has 0 atom stereocenters. The lowest BCUT2D eigenvalue weighted by molar-refractivity contribution is -0.704. The minimum Gasteiger partial charge on any atom is -0.378 e. The van der Waals surface area contributed by atoms with E-state index in [1.807, 2.05) is 0 Å². The zero-order valence-electron chi connectivity index (χ0n) is 24.9. The van der Waals surface area contributed by atoms with Gasteiger partial charge in [0.1, 0.15) is 13.2 Å². The highest BCUT2D eigenvalue weighted by Gasteiger charge is 2.06. The molecule has 10 heteroatoms. The van der Waals surface area contributed by atoms with Gasteiger partial charge in [0.2, 0.25) is 0 Å². The third-order valence-electron chi connectivity index (χ3n) is 5.70. The van der Waals surface area contributed by atoms with E-state index in [0.717, 1.165) is 13.1 Å². The van der Waals surface area contributed by atoms with Crippen LogP contribution in [-0.2, 0) is 41.5 Å². The summed E-state index contributed by atoms with van der Waals surface area (Å²) in [4.78, 5) is 0. The van der Waals surface area contributed by atoms with Crippen molar-refractivity contribution in [2.75, 3.05) is 91.0 Å². The number of ether oxygens (including phenoxy) is 6. The molecule has 0 fully saturated rings. The van der Waals surface area contributed by atoms with E-state index in [4.69, 9.17) is 51.6 Å². The van der Waals surface area contributed by atoms with Crippen LogP contribution in [0.15, 0.2) is 36.7 Å². The van der Waals surface area contributed by atoms with Crippen molar-refractivity contribution < 1.29 is 37.6 Å². The fourth-order valence-electron chi connectivity index (χ4n) is 3.59. The number of alkyl halides is 2. The fourth-order valence-corrected chi connectivity index (χ4v) is 3.81. The van der Waals surface area contributed by atoms with Crippen molar-refractivity contribution in [1.29, 1.82) is 0 Å². The summed E-state index contributed by atoms with van der Waals surface area (Å²) in [6.45, 7) is 17.5. The van der Waals surface area contributed by atoms with Crippen molar-refractivity contribution in [2.45, 2.75) is 40.8 Å². The molecule has 2 aromatic heterocycles. The first-order valence-electron chi connectivity index (χ1n) is 14.0. The van der Waals surface area contributed by atoms with Crippen LogP contribution in [0.5, 0.6) is 0 Å². The number of aryl methyl sites for hydroxylation is 4. The standard InChI is InChI=1S/C22H34N2O3.C8H16Cl2O3/c1-19-5-7-23(21(3)17-19)9-11-25-13-15-27-16-14-26-12-10-24-8-6-20(2)18-22(24)4;9-1-3-11-5-7-13-8-6-12-4-2-10/h5-8,17-18H,9-16H2,1-4H3;1-8H2/q+2;. The monoisotopic (exact) mass is 604 g/mol. The zero-order chi connectivity index (χ0) is 29.3. The van der Waals surface area contributed by atoms with E-state index in [1.54, 1.807) is 0 Å². The van der Waals surface area contributed by atoms with E-state index in [-0.39, 0.29) is 0 Å². The van der Waals surface area contributed by atoms with E-state index in [2.05, 4.69) is 73.5 Å². The first-order chi connectivity index (χ1) is 19.5. The highest BCUT2D eigenvalue weighted by Crippen LogP contribution is 1.97. The van der Waals surface area contributed by atoms with Crippen molar-refractivity contribution in [3.05, 3.63) is 59.2 Å². The van der Waals surface area contributed by atoms with Crippen LogP contribution in [0.2, 0.25) is 0 Å². The Morgan fingerprint density at radius 2 is 0.775 bits per heavy atom. The smallest absolute Gasteiger partial charge is 0.178 e.